The lowest BCUT2D eigenvalue weighted by Gasteiger charge is -2.20. The standard InChI is InChI=1S/C11H13N3O/c1-11(2,3)14-10(15)8-5-4-6-12-9(8)7-13-14/h4-7H,1-3H3. The Kier molecular flexibility index (Phi) is 2.07. The molecule has 2 aromatic rings. The maximum absolute atomic E-state index is 12.0. The van der Waals surface area contributed by atoms with E-state index in [2.05, 4.69) is 10.1 Å². The van der Waals surface area contributed by atoms with Crippen molar-refractivity contribution >= 4 is 10.9 Å². The normalized spacial score (nSPS) is 11.9. The van der Waals surface area contributed by atoms with Crippen LogP contribution in [0.15, 0.2) is 29.3 Å². The van der Waals surface area contributed by atoms with Gasteiger partial charge in [-0.1, -0.05) is 0 Å². The summed E-state index contributed by atoms with van der Waals surface area (Å²) in [6.45, 7) is 5.84. The number of aromatic nitrogens is 3. The van der Waals surface area contributed by atoms with Gasteiger partial charge < -0.3 is 0 Å². The first-order chi connectivity index (χ1) is 7.00. The summed E-state index contributed by atoms with van der Waals surface area (Å²) in [6.07, 6.45) is 3.28. The lowest BCUT2D eigenvalue weighted by molar-refractivity contribution is 0.340. The summed E-state index contributed by atoms with van der Waals surface area (Å²) in [5, 5.41) is 4.73. The van der Waals surface area contributed by atoms with Crippen LogP contribution in [-0.4, -0.2) is 14.8 Å². The summed E-state index contributed by atoms with van der Waals surface area (Å²) in [5.41, 5.74) is 0.247. The molecule has 0 saturated heterocycles. The predicted molar refractivity (Wildman–Crippen MR) is 58.8 cm³/mol. The van der Waals surface area contributed by atoms with Crippen LogP contribution in [0.5, 0.6) is 0 Å². The van der Waals surface area contributed by atoms with Gasteiger partial charge in [-0.15, -0.1) is 0 Å². The van der Waals surface area contributed by atoms with Gasteiger partial charge in [0.05, 0.1) is 22.6 Å². The number of hydrogen-bond acceptors (Lipinski definition) is 3. The van der Waals surface area contributed by atoms with Crippen LogP contribution in [0.25, 0.3) is 10.9 Å². The summed E-state index contributed by atoms with van der Waals surface area (Å²) in [6, 6.07) is 3.53. The Morgan fingerprint density at radius 1 is 1.33 bits per heavy atom. The average Bonchev–Trinajstić information content (AvgIpc) is 2.16. The molecule has 4 nitrogen and oxygen atoms in total. The van der Waals surface area contributed by atoms with E-state index in [1.54, 1.807) is 24.5 Å². The van der Waals surface area contributed by atoms with Crippen LogP contribution in [0, 0.1) is 0 Å². The fourth-order valence-corrected chi connectivity index (χ4v) is 1.46. The highest BCUT2D eigenvalue weighted by Gasteiger charge is 2.17. The molecule has 0 saturated carbocycles. The lowest BCUT2D eigenvalue weighted by Crippen LogP contribution is -2.35. The number of pyridine rings is 1. The van der Waals surface area contributed by atoms with Gasteiger partial charge in [0.1, 0.15) is 0 Å². The molecule has 0 spiro atoms. The smallest absolute Gasteiger partial charge is 0.267 e. The van der Waals surface area contributed by atoms with Gasteiger partial charge >= 0.3 is 0 Å². The Morgan fingerprint density at radius 2 is 2.07 bits per heavy atom. The minimum Gasteiger partial charge on any atom is -0.267 e. The molecule has 0 fully saturated rings. The maximum Gasteiger partial charge on any atom is 0.276 e. The minimum atomic E-state index is -0.304. The molecular weight excluding hydrogens is 190 g/mol. The van der Waals surface area contributed by atoms with Crippen molar-refractivity contribution in [2.75, 3.05) is 0 Å². The number of fused-ring (bicyclic) bond motifs is 1. The van der Waals surface area contributed by atoms with Gasteiger partial charge in [-0.05, 0) is 32.9 Å². The molecular formula is C11H13N3O. The van der Waals surface area contributed by atoms with E-state index in [1.807, 2.05) is 20.8 Å². The van der Waals surface area contributed by atoms with Gasteiger partial charge in [0.2, 0.25) is 0 Å². The van der Waals surface area contributed by atoms with E-state index in [-0.39, 0.29) is 11.1 Å². The van der Waals surface area contributed by atoms with E-state index in [1.165, 1.54) is 4.68 Å². The van der Waals surface area contributed by atoms with E-state index in [0.717, 1.165) is 0 Å². The summed E-state index contributed by atoms with van der Waals surface area (Å²) in [4.78, 5) is 16.1. The fourth-order valence-electron chi connectivity index (χ4n) is 1.46. The molecule has 0 amide bonds. The van der Waals surface area contributed by atoms with Crippen LogP contribution in [-0.2, 0) is 5.54 Å². The van der Waals surface area contributed by atoms with Crippen molar-refractivity contribution < 1.29 is 0 Å². The quantitative estimate of drug-likeness (QED) is 0.652. The van der Waals surface area contributed by atoms with Crippen LogP contribution >= 0.6 is 0 Å². The van der Waals surface area contributed by atoms with Crippen molar-refractivity contribution in [3.05, 3.63) is 34.9 Å². The SMILES string of the molecule is CC(C)(C)n1ncc2ncccc2c1=O. The minimum absolute atomic E-state index is 0.0897. The maximum atomic E-state index is 12.0. The molecule has 0 N–H and O–H groups in total. The zero-order valence-electron chi connectivity index (χ0n) is 9.06. The summed E-state index contributed by atoms with van der Waals surface area (Å²) < 4.78 is 1.48. The highest BCUT2D eigenvalue weighted by atomic mass is 16.1. The van der Waals surface area contributed by atoms with Crippen LogP contribution in [0.1, 0.15) is 20.8 Å². The summed E-state index contributed by atoms with van der Waals surface area (Å²) in [5.74, 6) is 0. The first kappa shape index (κ1) is 9.83. The second kappa shape index (κ2) is 3.15. The zero-order valence-corrected chi connectivity index (χ0v) is 9.06. The van der Waals surface area contributed by atoms with Gasteiger partial charge in [-0.25, -0.2) is 4.68 Å². The largest absolute Gasteiger partial charge is 0.276 e. The van der Waals surface area contributed by atoms with Gasteiger partial charge in [-0.2, -0.15) is 5.10 Å². The van der Waals surface area contributed by atoms with E-state index < -0.39 is 0 Å². The van der Waals surface area contributed by atoms with Gasteiger partial charge in [0.15, 0.2) is 0 Å². The van der Waals surface area contributed by atoms with Crippen LogP contribution < -0.4 is 5.56 Å². The van der Waals surface area contributed by atoms with Crippen LogP contribution in [0.4, 0.5) is 0 Å². The Balaban J connectivity index is 2.83. The highest BCUT2D eigenvalue weighted by Crippen LogP contribution is 2.11. The topological polar surface area (TPSA) is 47.8 Å². The molecule has 15 heavy (non-hydrogen) atoms. The number of hydrogen-bond donors (Lipinski definition) is 0. The molecule has 78 valence electrons. The predicted octanol–water partition coefficient (Wildman–Crippen LogP) is 1.55. The summed E-state index contributed by atoms with van der Waals surface area (Å²) in [7, 11) is 0. The molecule has 0 aliphatic heterocycles. The number of nitrogens with zero attached hydrogens (tertiary/aromatic N) is 3. The third kappa shape index (κ3) is 1.63. The molecule has 2 rings (SSSR count). The van der Waals surface area contributed by atoms with E-state index in [9.17, 15) is 4.79 Å². The van der Waals surface area contributed by atoms with Crippen molar-refractivity contribution in [3.8, 4) is 0 Å². The van der Waals surface area contributed by atoms with E-state index in [0.29, 0.717) is 10.9 Å². The zero-order chi connectivity index (χ0) is 11.1. The first-order valence-corrected chi connectivity index (χ1v) is 4.84. The van der Waals surface area contributed by atoms with Crippen molar-refractivity contribution in [1.29, 1.82) is 0 Å². The van der Waals surface area contributed by atoms with Crippen LogP contribution in [0.3, 0.4) is 0 Å². The molecule has 0 atom stereocenters. The third-order valence-electron chi connectivity index (χ3n) is 2.19. The van der Waals surface area contributed by atoms with Crippen molar-refractivity contribution in [2.45, 2.75) is 26.3 Å². The van der Waals surface area contributed by atoms with Gasteiger partial charge in [0, 0.05) is 6.20 Å². The Hall–Kier alpha value is -1.71. The monoisotopic (exact) mass is 203 g/mol. The van der Waals surface area contributed by atoms with Gasteiger partial charge in [-0.3, -0.25) is 9.78 Å². The van der Waals surface area contributed by atoms with E-state index in [4.69, 9.17) is 0 Å². The number of rotatable bonds is 0. The molecule has 0 bridgehead atoms. The fraction of sp³-hybridized carbons (Fsp3) is 0.364. The van der Waals surface area contributed by atoms with Crippen molar-refractivity contribution in [2.24, 2.45) is 0 Å². The molecule has 0 radical (unpaired) electrons. The second-order valence-electron chi connectivity index (χ2n) is 4.47. The van der Waals surface area contributed by atoms with Crippen molar-refractivity contribution in [1.82, 2.24) is 14.8 Å². The Bertz CT molecular complexity index is 551. The lowest BCUT2D eigenvalue weighted by atomic mass is 10.1. The molecule has 2 aromatic heterocycles. The third-order valence-corrected chi connectivity index (χ3v) is 2.19. The summed E-state index contributed by atoms with van der Waals surface area (Å²) >= 11 is 0. The first-order valence-electron chi connectivity index (χ1n) is 4.84. The molecule has 0 aliphatic carbocycles. The highest BCUT2D eigenvalue weighted by molar-refractivity contribution is 5.75. The van der Waals surface area contributed by atoms with E-state index >= 15 is 0 Å². The van der Waals surface area contributed by atoms with Crippen molar-refractivity contribution in [3.63, 3.8) is 0 Å². The van der Waals surface area contributed by atoms with Gasteiger partial charge in [0.25, 0.3) is 5.56 Å². The Labute approximate surface area is 87.6 Å². The second-order valence-corrected chi connectivity index (χ2v) is 4.47. The molecule has 4 heteroatoms. The average molecular weight is 203 g/mol. The molecule has 0 unspecified atom stereocenters. The molecule has 2 heterocycles. The van der Waals surface area contributed by atoms with Crippen LogP contribution in [0.2, 0.25) is 0 Å². The Morgan fingerprint density at radius 3 is 2.73 bits per heavy atom. The molecule has 0 aromatic carbocycles. The molecule has 0 aliphatic rings.